The van der Waals surface area contributed by atoms with Crippen LogP contribution in [0.5, 0.6) is 0 Å². The summed E-state index contributed by atoms with van der Waals surface area (Å²) in [5.74, 6) is 6.16. The van der Waals surface area contributed by atoms with Crippen molar-refractivity contribution in [3.05, 3.63) is 70.9 Å². The van der Waals surface area contributed by atoms with Crippen molar-refractivity contribution in [2.45, 2.75) is 45.1 Å². The molecule has 6 nitrogen and oxygen atoms in total. The minimum Gasteiger partial charge on any atom is -0.323 e. The fourth-order valence-electron chi connectivity index (χ4n) is 4.99. The molecule has 0 aliphatic carbocycles. The number of nitrogens with two attached hydrogens (primary N) is 1. The van der Waals surface area contributed by atoms with E-state index in [2.05, 4.69) is 16.1 Å². The first-order valence-electron chi connectivity index (χ1n) is 11.4. The average Bonchev–Trinajstić information content (AvgIpc) is 3.18. The van der Waals surface area contributed by atoms with E-state index in [4.69, 9.17) is 5.84 Å². The van der Waals surface area contributed by atoms with Gasteiger partial charge >= 0.3 is 0 Å². The highest BCUT2D eigenvalue weighted by atomic mass is 16.1. The Bertz CT molecular complexity index is 1220. The summed E-state index contributed by atoms with van der Waals surface area (Å²) in [7, 11) is 0. The molecule has 1 saturated heterocycles. The second-order valence-corrected chi connectivity index (χ2v) is 8.79. The molecular formula is C26H28N4O2. The lowest BCUT2D eigenvalue weighted by Gasteiger charge is -2.38. The molecule has 2 aliphatic heterocycles. The van der Waals surface area contributed by atoms with Gasteiger partial charge in [-0.05, 0) is 49.6 Å². The zero-order valence-corrected chi connectivity index (χ0v) is 18.4. The van der Waals surface area contributed by atoms with Crippen LogP contribution in [-0.4, -0.2) is 45.5 Å². The fourth-order valence-corrected chi connectivity index (χ4v) is 4.99. The van der Waals surface area contributed by atoms with Gasteiger partial charge in [0.2, 0.25) is 0 Å². The Morgan fingerprint density at radius 3 is 2.59 bits per heavy atom. The van der Waals surface area contributed by atoms with Gasteiger partial charge < -0.3 is 5.84 Å². The van der Waals surface area contributed by atoms with Crippen LogP contribution >= 0.6 is 0 Å². The number of nitrogens with zero attached hydrogens (tertiary/aromatic N) is 3. The number of nitrogen functional groups attached to an aromatic ring is 1. The summed E-state index contributed by atoms with van der Waals surface area (Å²) >= 11 is 0. The van der Waals surface area contributed by atoms with Crippen LogP contribution in [0.15, 0.2) is 48.5 Å². The molecular weight excluding hydrogens is 400 g/mol. The van der Waals surface area contributed by atoms with Gasteiger partial charge in [-0.25, -0.2) is 0 Å². The zero-order valence-electron chi connectivity index (χ0n) is 18.4. The molecule has 3 aromatic rings. The van der Waals surface area contributed by atoms with Gasteiger partial charge in [-0.15, -0.1) is 0 Å². The monoisotopic (exact) mass is 428 g/mol. The van der Waals surface area contributed by atoms with Gasteiger partial charge in [0.1, 0.15) is 0 Å². The third-order valence-electron chi connectivity index (χ3n) is 6.84. The summed E-state index contributed by atoms with van der Waals surface area (Å²) in [6.07, 6.45) is 7.46. The highest BCUT2D eigenvalue weighted by Crippen LogP contribution is 2.34. The fraction of sp³-hybridized carbons (Fsp3) is 0.346. The summed E-state index contributed by atoms with van der Waals surface area (Å²) in [5.41, 5.74) is 4.70. The third kappa shape index (κ3) is 3.65. The number of Topliss-reactive ketones (excluding diaryl/α,β-unsaturated/α-hetero) is 1. The van der Waals surface area contributed by atoms with E-state index in [-0.39, 0.29) is 11.6 Å². The molecule has 5 rings (SSSR count). The van der Waals surface area contributed by atoms with Crippen molar-refractivity contribution < 1.29 is 9.59 Å². The van der Waals surface area contributed by atoms with Crippen molar-refractivity contribution in [3.8, 4) is 0 Å². The van der Waals surface area contributed by atoms with Crippen molar-refractivity contribution in [3.63, 3.8) is 0 Å². The molecule has 2 aliphatic rings. The first-order valence-corrected chi connectivity index (χ1v) is 11.4. The van der Waals surface area contributed by atoms with E-state index in [0.29, 0.717) is 29.2 Å². The van der Waals surface area contributed by atoms with Gasteiger partial charge in [0.05, 0.1) is 11.2 Å². The van der Waals surface area contributed by atoms with Gasteiger partial charge in [-0.3, -0.25) is 14.5 Å². The van der Waals surface area contributed by atoms with Gasteiger partial charge in [-0.1, -0.05) is 43.7 Å². The van der Waals surface area contributed by atoms with Crippen LogP contribution in [0.2, 0.25) is 0 Å². The molecule has 0 saturated carbocycles. The molecule has 0 radical (unpaired) electrons. The molecule has 0 spiro atoms. The summed E-state index contributed by atoms with van der Waals surface area (Å²) < 4.78 is 0. The number of hydrogen-bond acceptors (Lipinski definition) is 5. The molecule has 3 heterocycles. The quantitative estimate of drug-likeness (QED) is 0.486. The Balaban J connectivity index is 1.48. The van der Waals surface area contributed by atoms with E-state index in [1.165, 1.54) is 36.2 Å². The van der Waals surface area contributed by atoms with Crippen LogP contribution in [-0.2, 0) is 0 Å². The Morgan fingerprint density at radius 1 is 1.06 bits per heavy atom. The number of aromatic nitrogens is 2. The van der Waals surface area contributed by atoms with Crippen LogP contribution in [0, 0.1) is 0 Å². The molecule has 6 heteroatoms. The number of benzene rings is 2. The van der Waals surface area contributed by atoms with Gasteiger partial charge in [0, 0.05) is 41.1 Å². The van der Waals surface area contributed by atoms with Crippen molar-refractivity contribution in [1.29, 1.82) is 0 Å². The van der Waals surface area contributed by atoms with Gasteiger partial charge in [0.15, 0.2) is 11.6 Å². The second-order valence-electron chi connectivity index (χ2n) is 8.79. The molecule has 0 amide bonds. The van der Waals surface area contributed by atoms with E-state index in [1.807, 2.05) is 19.1 Å². The maximum atomic E-state index is 13.2. The third-order valence-corrected chi connectivity index (χ3v) is 6.84. The number of ketones is 2. The Morgan fingerprint density at radius 2 is 1.81 bits per heavy atom. The molecule has 2 N–H and O–H groups in total. The zero-order chi connectivity index (χ0) is 22.2. The summed E-state index contributed by atoms with van der Waals surface area (Å²) in [5, 5.41) is 5.53. The smallest absolute Gasteiger partial charge is 0.193 e. The summed E-state index contributed by atoms with van der Waals surface area (Å²) in [6.45, 7) is 3.95. The van der Waals surface area contributed by atoms with Crippen molar-refractivity contribution in [2.75, 3.05) is 18.9 Å². The topological polar surface area (TPSA) is 81.2 Å². The van der Waals surface area contributed by atoms with E-state index >= 15 is 0 Å². The number of piperidine rings is 1. The van der Waals surface area contributed by atoms with Crippen LogP contribution in [0.4, 0.5) is 0 Å². The van der Waals surface area contributed by atoms with Crippen LogP contribution < -0.4 is 5.84 Å². The number of hydrogen-bond donors (Lipinski definition) is 1. The van der Waals surface area contributed by atoms with E-state index in [1.54, 1.807) is 30.3 Å². The second kappa shape index (κ2) is 8.36. The van der Waals surface area contributed by atoms with Gasteiger partial charge in [-0.2, -0.15) is 9.89 Å². The molecule has 32 heavy (non-hydrogen) atoms. The van der Waals surface area contributed by atoms with Crippen molar-refractivity contribution in [2.24, 2.45) is 0 Å². The maximum Gasteiger partial charge on any atom is 0.193 e. The lowest BCUT2D eigenvalue weighted by Crippen LogP contribution is -2.41. The number of rotatable bonds is 5. The Labute approximate surface area is 187 Å². The Hall–Kier alpha value is -3.25. The molecule has 1 atom stereocenters. The summed E-state index contributed by atoms with van der Waals surface area (Å²) in [6, 6.07) is 13.0. The minimum atomic E-state index is -0.0748. The predicted octanol–water partition coefficient (Wildman–Crippen LogP) is 4.22. The normalized spacial score (nSPS) is 18.9. The summed E-state index contributed by atoms with van der Waals surface area (Å²) in [4.78, 5) is 29.0. The molecule has 1 fully saturated rings. The lowest BCUT2D eigenvalue weighted by atomic mass is 9.89. The number of carbonyl (C=O) groups is 2. The van der Waals surface area contributed by atoms with E-state index in [9.17, 15) is 9.59 Å². The first-order chi connectivity index (χ1) is 15.5. The van der Waals surface area contributed by atoms with Gasteiger partial charge in [0.25, 0.3) is 0 Å². The largest absolute Gasteiger partial charge is 0.323 e. The maximum absolute atomic E-state index is 13.2. The lowest BCUT2D eigenvalue weighted by molar-refractivity contribution is 0.0985. The molecule has 1 aromatic heterocycles. The van der Waals surface area contributed by atoms with E-state index < -0.39 is 0 Å². The average molecular weight is 429 g/mol. The van der Waals surface area contributed by atoms with Crippen LogP contribution in [0.25, 0.3) is 16.5 Å². The number of carbonyl (C=O) groups excluding carboxylic acids is 2. The first kappa shape index (κ1) is 20.6. The van der Waals surface area contributed by atoms with Crippen LogP contribution in [0.1, 0.15) is 71.0 Å². The minimum absolute atomic E-state index is 0.0720. The van der Waals surface area contributed by atoms with Crippen molar-refractivity contribution >= 4 is 28.0 Å². The van der Waals surface area contributed by atoms with Crippen molar-refractivity contribution in [1.82, 2.24) is 14.8 Å². The molecule has 164 valence electrons. The number of fused-ring (bicyclic) bond motifs is 2. The molecule has 0 bridgehead atoms. The predicted molar refractivity (Wildman–Crippen MR) is 126 cm³/mol. The van der Waals surface area contributed by atoms with E-state index in [0.717, 1.165) is 29.6 Å². The Kier molecular flexibility index (Phi) is 5.39. The SMILES string of the molecule is CCC(=O)c1ccc(C(=O)c2ccc3c(c2)c(C2=CCN4CCCCC4C2)nn3N)cc1. The molecule has 2 aromatic carbocycles. The standard InChI is InChI=1S/C26H28N4O2/c1-2-24(31)17-6-8-18(9-7-17)26(32)20-10-11-23-22(16-20)25(28-30(23)27)19-12-14-29-13-4-3-5-21(29)15-19/h6-12,16,21H,2-5,13-15,27H2,1H3. The highest BCUT2D eigenvalue weighted by molar-refractivity contribution is 6.11. The highest BCUT2D eigenvalue weighted by Gasteiger charge is 2.28. The molecule has 1 unspecified atom stereocenters. The van der Waals surface area contributed by atoms with Crippen LogP contribution in [0.3, 0.4) is 0 Å².